The molecule has 0 aliphatic carbocycles. The Kier molecular flexibility index (Phi) is 8.01. The average Bonchev–Trinajstić information content (AvgIpc) is 2.13. The van der Waals surface area contributed by atoms with Crippen LogP contribution in [0.1, 0.15) is 33.1 Å². The highest BCUT2D eigenvalue weighted by atomic mass is 32.2. The standard InChI is InChI=1S/C12H22OS/c1-5-7-8-12(10-14(4)13)9-11(3)6-2/h6,9,11H,2,5,7-8,10H2,1,3-4H3/b12-9-. The molecular formula is C12H22OS. The molecule has 0 N–H and O–H groups in total. The van der Waals surface area contributed by atoms with Crippen LogP contribution in [0, 0.1) is 5.92 Å². The van der Waals surface area contributed by atoms with Crippen molar-refractivity contribution in [1.82, 2.24) is 0 Å². The van der Waals surface area contributed by atoms with Crippen LogP contribution in [0.15, 0.2) is 24.3 Å². The van der Waals surface area contributed by atoms with Crippen LogP contribution in [0.3, 0.4) is 0 Å². The van der Waals surface area contributed by atoms with Crippen molar-refractivity contribution in [2.24, 2.45) is 5.92 Å². The van der Waals surface area contributed by atoms with Crippen LogP contribution in [0.25, 0.3) is 0 Å². The Bertz CT molecular complexity index is 185. The molecular weight excluding hydrogens is 192 g/mol. The molecule has 0 aromatic heterocycles. The minimum atomic E-state index is -0.720. The van der Waals surface area contributed by atoms with Crippen LogP contribution in [0.4, 0.5) is 0 Å². The lowest BCUT2D eigenvalue weighted by atomic mass is 10.0. The molecule has 2 atom stereocenters. The van der Waals surface area contributed by atoms with Gasteiger partial charge in [-0.25, -0.2) is 0 Å². The van der Waals surface area contributed by atoms with Crippen molar-refractivity contribution in [3.8, 4) is 0 Å². The molecule has 0 heterocycles. The Hall–Kier alpha value is -0.210. The summed E-state index contributed by atoms with van der Waals surface area (Å²) < 4.78 is 11.1. The van der Waals surface area contributed by atoms with Gasteiger partial charge in [-0.15, -0.1) is 6.58 Å². The highest BCUT2D eigenvalue weighted by Crippen LogP contribution is 2.13. The van der Waals surface area contributed by atoms with Crippen molar-refractivity contribution < 1.29 is 4.55 Å². The van der Waals surface area contributed by atoms with E-state index in [4.69, 9.17) is 0 Å². The fraction of sp³-hybridized carbons (Fsp3) is 0.667. The summed E-state index contributed by atoms with van der Waals surface area (Å²) in [4.78, 5) is 0. The van der Waals surface area contributed by atoms with Crippen molar-refractivity contribution in [1.29, 1.82) is 0 Å². The van der Waals surface area contributed by atoms with E-state index in [0.29, 0.717) is 5.92 Å². The second kappa shape index (κ2) is 8.13. The molecule has 0 aliphatic heterocycles. The van der Waals surface area contributed by atoms with E-state index in [9.17, 15) is 4.55 Å². The lowest BCUT2D eigenvalue weighted by Crippen LogP contribution is -2.07. The van der Waals surface area contributed by atoms with Crippen LogP contribution >= 0.6 is 0 Å². The number of allylic oxidation sites excluding steroid dienone is 2. The molecule has 0 aromatic carbocycles. The Morgan fingerprint density at radius 3 is 2.64 bits per heavy atom. The van der Waals surface area contributed by atoms with Gasteiger partial charge in [-0.3, -0.25) is 0 Å². The zero-order valence-electron chi connectivity index (χ0n) is 9.58. The topological polar surface area (TPSA) is 23.1 Å². The van der Waals surface area contributed by atoms with Crippen LogP contribution in [0.5, 0.6) is 0 Å². The van der Waals surface area contributed by atoms with Crippen LogP contribution in [-0.4, -0.2) is 16.6 Å². The van der Waals surface area contributed by atoms with Gasteiger partial charge in [0.05, 0.1) is 6.26 Å². The van der Waals surface area contributed by atoms with Gasteiger partial charge >= 0.3 is 0 Å². The van der Waals surface area contributed by atoms with E-state index in [1.54, 1.807) is 6.26 Å². The minimum absolute atomic E-state index is 0.394. The first-order valence-corrected chi connectivity index (χ1v) is 6.95. The van der Waals surface area contributed by atoms with Crippen molar-refractivity contribution in [3.63, 3.8) is 0 Å². The van der Waals surface area contributed by atoms with Crippen LogP contribution in [0.2, 0.25) is 0 Å². The molecule has 0 saturated carbocycles. The van der Waals surface area contributed by atoms with E-state index in [1.807, 2.05) is 6.08 Å². The summed E-state index contributed by atoms with van der Waals surface area (Å²) in [5.74, 6) is 1.11. The summed E-state index contributed by atoms with van der Waals surface area (Å²) in [6.45, 7) is 8.04. The third kappa shape index (κ3) is 7.22. The van der Waals surface area contributed by atoms with E-state index < -0.39 is 11.2 Å². The van der Waals surface area contributed by atoms with E-state index in [2.05, 4.69) is 26.5 Å². The predicted molar refractivity (Wildman–Crippen MR) is 65.9 cm³/mol. The predicted octanol–water partition coefficient (Wildman–Crippen LogP) is 3.30. The lowest BCUT2D eigenvalue weighted by molar-refractivity contribution is 0.601. The summed E-state index contributed by atoms with van der Waals surface area (Å²) in [5.41, 5.74) is 1.32. The molecule has 0 bridgehead atoms. The molecule has 0 fully saturated rings. The maximum atomic E-state index is 11.1. The first-order valence-electron chi connectivity index (χ1n) is 5.22. The van der Waals surface area contributed by atoms with E-state index in [0.717, 1.165) is 12.2 Å². The van der Waals surface area contributed by atoms with Crippen molar-refractivity contribution in [2.75, 3.05) is 12.0 Å². The summed E-state index contributed by atoms with van der Waals surface area (Å²) >= 11 is -0.720. The molecule has 14 heavy (non-hydrogen) atoms. The Morgan fingerprint density at radius 1 is 1.57 bits per heavy atom. The second-order valence-corrected chi connectivity index (χ2v) is 5.18. The molecule has 0 rings (SSSR count). The number of unbranched alkanes of at least 4 members (excludes halogenated alkanes) is 1. The summed E-state index contributed by atoms with van der Waals surface area (Å²) in [6, 6.07) is 0. The minimum Gasteiger partial charge on any atom is -0.616 e. The summed E-state index contributed by atoms with van der Waals surface area (Å²) in [6.07, 6.45) is 9.34. The molecule has 0 radical (unpaired) electrons. The Balaban J connectivity index is 4.21. The second-order valence-electron chi connectivity index (χ2n) is 3.74. The van der Waals surface area contributed by atoms with Crippen molar-refractivity contribution >= 4 is 11.2 Å². The highest BCUT2D eigenvalue weighted by molar-refractivity contribution is 7.90. The summed E-state index contributed by atoms with van der Waals surface area (Å²) in [5, 5.41) is 0. The van der Waals surface area contributed by atoms with Gasteiger partial charge in [0, 0.05) is 0 Å². The van der Waals surface area contributed by atoms with Gasteiger partial charge in [0.15, 0.2) is 0 Å². The lowest BCUT2D eigenvalue weighted by Gasteiger charge is -2.10. The normalized spacial score (nSPS) is 16.4. The van der Waals surface area contributed by atoms with Crippen molar-refractivity contribution in [3.05, 3.63) is 24.3 Å². The number of rotatable bonds is 7. The fourth-order valence-corrected chi connectivity index (χ4v) is 2.07. The average molecular weight is 214 g/mol. The quantitative estimate of drug-likeness (QED) is 0.471. The third-order valence-corrected chi connectivity index (χ3v) is 2.89. The van der Waals surface area contributed by atoms with E-state index >= 15 is 0 Å². The molecule has 1 nitrogen and oxygen atoms in total. The van der Waals surface area contributed by atoms with Gasteiger partial charge < -0.3 is 4.55 Å². The van der Waals surface area contributed by atoms with Gasteiger partial charge in [0.1, 0.15) is 5.75 Å². The number of hydrogen-bond acceptors (Lipinski definition) is 1. The highest BCUT2D eigenvalue weighted by Gasteiger charge is 2.05. The van der Waals surface area contributed by atoms with Crippen LogP contribution < -0.4 is 0 Å². The molecule has 82 valence electrons. The molecule has 0 aromatic rings. The molecule has 2 unspecified atom stereocenters. The molecule has 2 heteroatoms. The summed E-state index contributed by atoms with van der Waals surface area (Å²) in [7, 11) is 0. The molecule has 0 spiro atoms. The third-order valence-electron chi connectivity index (χ3n) is 2.11. The SMILES string of the molecule is C=CC(C)/C=C(/CCCC)C[S+](C)[O-]. The first kappa shape index (κ1) is 13.8. The van der Waals surface area contributed by atoms with Crippen molar-refractivity contribution in [2.45, 2.75) is 33.1 Å². The van der Waals surface area contributed by atoms with Gasteiger partial charge in [-0.1, -0.05) is 43.6 Å². The molecule has 0 aliphatic rings. The van der Waals surface area contributed by atoms with Gasteiger partial charge in [-0.2, -0.15) is 0 Å². The molecule has 0 saturated heterocycles. The zero-order chi connectivity index (χ0) is 11.0. The van der Waals surface area contributed by atoms with Gasteiger partial charge in [0.25, 0.3) is 0 Å². The van der Waals surface area contributed by atoms with E-state index in [-0.39, 0.29) is 0 Å². The monoisotopic (exact) mass is 214 g/mol. The Labute approximate surface area is 91.5 Å². The molecule has 0 amide bonds. The Morgan fingerprint density at radius 2 is 2.21 bits per heavy atom. The maximum Gasteiger partial charge on any atom is 0.126 e. The maximum absolute atomic E-state index is 11.1. The fourth-order valence-electron chi connectivity index (χ4n) is 1.31. The number of hydrogen-bond donors (Lipinski definition) is 0. The van der Waals surface area contributed by atoms with Gasteiger partial charge in [0.2, 0.25) is 0 Å². The van der Waals surface area contributed by atoms with Crippen LogP contribution in [-0.2, 0) is 11.2 Å². The smallest absolute Gasteiger partial charge is 0.126 e. The first-order chi connectivity index (χ1) is 6.60. The largest absolute Gasteiger partial charge is 0.616 e. The van der Waals surface area contributed by atoms with E-state index in [1.165, 1.54) is 18.4 Å². The van der Waals surface area contributed by atoms with Gasteiger partial charge in [-0.05, 0) is 24.3 Å². The zero-order valence-corrected chi connectivity index (χ0v) is 10.4.